The number of thiazole rings is 1. The largest absolute Gasteiger partial charge is 0.489 e. The van der Waals surface area contributed by atoms with Crippen LogP contribution in [-0.2, 0) is 6.61 Å². The second-order valence-electron chi connectivity index (χ2n) is 6.55. The molecule has 142 valence electrons. The molecule has 0 saturated heterocycles. The molecule has 2 aromatic heterocycles. The lowest BCUT2D eigenvalue weighted by molar-refractivity contribution is 0.305. The third-order valence-electron chi connectivity index (χ3n) is 4.53. The van der Waals surface area contributed by atoms with Gasteiger partial charge in [0.2, 0.25) is 0 Å². The van der Waals surface area contributed by atoms with Crippen LogP contribution in [0.4, 0.5) is 4.39 Å². The smallest absolute Gasteiger partial charge is 0.346 e. The van der Waals surface area contributed by atoms with Gasteiger partial charge in [-0.2, -0.15) is 0 Å². The molecule has 3 aromatic carbocycles. The van der Waals surface area contributed by atoms with Gasteiger partial charge in [-0.1, -0.05) is 24.3 Å². The van der Waals surface area contributed by atoms with Gasteiger partial charge >= 0.3 is 5.63 Å². The van der Waals surface area contributed by atoms with Gasteiger partial charge in [-0.3, -0.25) is 0 Å². The summed E-state index contributed by atoms with van der Waals surface area (Å²) < 4.78 is 25.5. The first-order valence-corrected chi connectivity index (χ1v) is 9.78. The molecule has 0 bridgehead atoms. The molecule has 0 spiro atoms. The highest BCUT2D eigenvalue weighted by molar-refractivity contribution is 7.21. The molecule has 5 rings (SSSR count). The molecule has 29 heavy (non-hydrogen) atoms. The van der Waals surface area contributed by atoms with E-state index in [1.165, 1.54) is 23.5 Å². The van der Waals surface area contributed by atoms with E-state index in [0.29, 0.717) is 21.9 Å². The summed E-state index contributed by atoms with van der Waals surface area (Å²) in [5.74, 6) is 0.232. The number of nitrogens with zero attached hydrogens (tertiary/aromatic N) is 1. The molecule has 0 aliphatic carbocycles. The molecule has 0 N–H and O–H groups in total. The zero-order valence-electron chi connectivity index (χ0n) is 15.1. The lowest BCUT2D eigenvalue weighted by Gasteiger charge is -2.07. The minimum Gasteiger partial charge on any atom is -0.489 e. The van der Waals surface area contributed by atoms with Crippen molar-refractivity contribution in [2.24, 2.45) is 0 Å². The molecule has 0 aliphatic rings. The predicted molar refractivity (Wildman–Crippen MR) is 112 cm³/mol. The molecule has 0 aliphatic heterocycles. The molecular formula is C23H14FNO3S. The zero-order valence-corrected chi connectivity index (χ0v) is 15.9. The summed E-state index contributed by atoms with van der Waals surface area (Å²) in [6.07, 6.45) is 0. The predicted octanol–water partition coefficient (Wildman–Crippen LogP) is 5.79. The average Bonchev–Trinajstić information content (AvgIpc) is 3.15. The number of ether oxygens (including phenoxy) is 1. The summed E-state index contributed by atoms with van der Waals surface area (Å²) in [6.45, 7) is 0.220. The summed E-state index contributed by atoms with van der Waals surface area (Å²) in [7, 11) is 0. The van der Waals surface area contributed by atoms with Crippen LogP contribution in [0.3, 0.4) is 0 Å². The van der Waals surface area contributed by atoms with Crippen LogP contribution >= 0.6 is 11.3 Å². The maximum atomic E-state index is 13.3. The standard InChI is InChI=1S/C23H14FNO3S/c24-16-5-3-4-14(10-16)13-27-17-9-8-15-11-18(23(26)28-20(15)12-17)22-25-19-6-1-2-7-21(19)29-22/h1-12H,13H2. The first-order chi connectivity index (χ1) is 14.2. The summed E-state index contributed by atoms with van der Waals surface area (Å²) in [6, 6.07) is 21.1. The topological polar surface area (TPSA) is 52.3 Å². The van der Waals surface area contributed by atoms with Crippen LogP contribution in [0.1, 0.15) is 5.56 Å². The van der Waals surface area contributed by atoms with Crippen LogP contribution in [-0.4, -0.2) is 4.98 Å². The quantitative estimate of drug-likeness (QED) is 0.357. The Bertz CT molecular complexity index is 1370. The maximum absolute atomic E-state index is 13.3. The Balaban J connectivity index is 1.46. The van der Waals surface area contributed by atoms with E-state index in [1.807, 2.05) is 30.3 Å². The van der Waals surface area contributed by atoms with Crippen molar-refractivity contribution in [3.8, 4) is 16.3 Å². The molecule has 0 radical (unpaired) electrons. The van der Waals surface area contributed by atoms with Crippen molar-refractivity contribution >= 4 is 32.5 Å². The minimum atomic E-state index is -0.446. The summed E-state index contributed by atoms with van der Waals surface area (Å²) in [5, 5.41) is 1.41. The van der Waals surface area contributed by atoms with Crippen LogP contribution in [0, 0.1) is 5.82 Å². The van der Waals surface area contributed by atoms with Crippen molar-refractivity contribution in [1.82, 2.24) is 4.98 Å². The third-order valence-corrected chi connectivity index (χ3v) is 5.60. The normalized spacial score (nSPS) is 11.2. The first kappa shape index (κ1) is 17.6. The third kappa shape index (κ3) is 3.50. The Morgan fingerprint density at radius 1 is 1.00 bits per heavy atom. The fourth-order valence-electron chi connectivity index (χ4n) is 3.11. The van der Waals surface area contributed by atoms with E-state index in [0.717, 1.165) is 21.2 Å². The summed E-state index contributed by atoms with van der Waals surface area (Å²) >= 11 is 1.46. The van der Waals surface area contributed by atoms with Gasteiger partial charge in [0.25, 0.3) is 0 Å². The maximum Gasteiger partial charge on any atom is 0.346 e. The monoisotopic (exact) mass is 403 g/mol. The van der Waals surface area contributed by atoms with E-state index in [4.69, 9.17) is 9.15 Å². The second kappa shape index (κ2) is 7.14. The number of hydrogen-bond donors (Lipinski definition) is 0. The van der Waals surface area contributed by atoms with Gasteiger partial charge in [-0.05, 0) is 48.0 Å². The van der Waals surface area contributed by atoms with Crippen molar-refractivity contribution in [2.75, 3.05) is 0 Å². The molecule has 4 nitrogen and oxygen atoms in total. The fourth-order valence-corrected chi connectivity index (χ4v) is 4.08. The van der Waals surface area contributed by atoms with Crippen LogP contribution in [0.5, 0.6) is 5.75 Å². The lowest BCUT2D eigenvalue weighted by Crippen LogP contribution is -2.02. The highest BCUT2D eigenvalue weighted by atomic mass is 32.1. The number of aromatic nitrogens is 1. The summed E-state index contributed by atoms with van der Waals surface area (Å²) in [4.78, 5) is 17.1. The second-order valence-corrected chi connectivity index (χ2v) is 7.58. The van der Waals surface area contributed by atoms with E-state index < -0.39 is 5.63 Å². The van der Waals surface area contributed by atoms with Crippen LogP contribution in [0.15, 0.2) is 82.0 Å². The van der Waals surface area contributed by atoms with Crippen LogP contribution < -0.4 is 10.4 Å². The van der Waals surface area contributed by atoms with Gasteiger partial charge in [-0.15, -0.1) is 11.3 Å². The number of hydrogen-bond acceptors (Lipinski definition) is 5. The van der Waals surface area contributed by atoms with Crippen molar-refractivity contribution in [1.29, 1.82) is 0 Å². The zero-order chi connectivity index (χ0) is 19.8. The Hall–Kier alpha value is -3.51. The molecule has 0 amide bonds. The first-order valence-electron chi connectivity index (χ1n) is 8.97. The van der Waals surface area contributed by atoms with Gasteiger partial charge in [0.1, 0.15) is 28.8 Å². The van der Waals surface area contributed by atoms with Gasteiger partial charge < -0.3 is 9.15 Å². The van der Waals surface area contributed by atoms with E-state index in [2.05, 4.69) is 4.98 Å². The van der Waals surface area contributed by atoms with E-state index in [9.17, 15) is 9.18 Å². The average molecular weight is 403 g/mol. The van der Waals surface area contributed by atoms with Crippen LogP contribution in [0.25, 0.3) is 31.8 Å². The lowest BCUT2D eigenvalue weighted by atomic mass is 10.2. The number of rotatable bonds is 4. The van der Waals surface area contributed by atoms with Crippen molar-refractivity contribution in [3.05, 3.63) is 94.6 Å². The molecule has 0 saturated carbocycles. The minimum absolute atomic E-state index is 0.220. The number of benzene rings is 3. The molecule has 6 heteroatoms. The van der Waals surface area contributed by atoms with E-state index >= 15 is 0 Å². The van der Waals surface area contributed by atoms with Crippen molar-refractivity contribution in [3.63, 3.8) is 0 Å². The Morgan fingerprint density at radius 2 is 1.90 bits per heavy atom. The molecular weight excluding hydrogens is 389 g/mol. The fraction of sp³-hybridized carbons (Fsp3) is 0.0435. The number of fused-ring (bicyclic) bond motifs is 2. The number of halogens is 1. The Kier molecular flexibility index (Phi) is 4.33. The highest BCUT2D eigenvalue weighted by Crippen LogP contribution is 2.30. The van der Waals surface area contributed by atoms with Gasteiger partial charge in [0, 0.05) is 11.5 Å². The van der Waals surface area contributed by atoms with Crippen molar-refractivity contribution < 1.29 is 13.5 Å². The van der Waals surface area contributed by atoms with Gasteiger partial charge in [0.05, 0.1) is 15.8 Å². The van der Waals surface area contributed by atoms with Crippen LogP contribution in [0.2, 0.25) is 0 Å². The highest BCUT2D eigenvalue weighted by Gasteiger charge is 2.13. The molecule has 2 heterocycles. The SMILES string of the molecule is O=c1oc2cc(OCc3cccc(F)c3)ccc2cc1-c1nc2ccccc2s1. The van der Waals surface area contributed by atoms with Gasteiger partial charge in [0.15, 0.2) is 0 Å². The molecule has 5 aromatic rings. The van der Waals surface area contributed by atoms with E-state index in [-0.39, 0.29) is 12.4 Å². The van der Waals surface area contributed by atoms with E-state index in [1.54, 1.807) is 30.3 Å². The van der Waals surface area contributed by atoms with Gasteiger partial charge in [-0.25, -0.2) is 14.2 Å². The summed E-state index contributed by atoms with van der Waals surface area (Å²) in [5.41, 5.74) is 1.99. The van der Waals surface area contributed by atoms with Crippen molar-refractivity contribution in [2.45, 2.75) is 6.61 Å². The molecule has 0 fully saturated rings. The Morgan fingerprint density at radius 3 is 2.76 bits per heavy atom. The molecule has 0 atom stereocenters. The number of para-hydroxylation sites is 1. The Labute approximate surface area is 168 Å². The molecule has 0 unspecified atom stereocenters.